The highest BCUT2D eigenvalue weighted by atomic mass is 16.8. The maximum absolute atomic E-state index is 4.79. The van der Waals surface area contributed by atoms with Gasteiger partial charge in [0.2, 0.25) is 0 Å². The second kappa shape index (κ2) is 2.20. The summed E-state index contributed by atoms with van der Waals surface area (Å²) in [5.41, 5.74) is 5.23. The van der Waals surface area contributed by atoms with Gasteiger partial charge in [0.05, 0.1) is 13.2 Å². The monoisotopic (exact) mass is 132 g/mol. The predicted octanol–water partition coefficient (Wildman–Crippen LogP) is -1.28. The maximum Gasteiger partial charge on any atom is 0.155 e. The van der Waals surface area contributed by atoms with Gasteiger partial charge in [-0.25, -0.2) is 4.94 Å². The molecule has 9 heavy (non-hydrogen) atoms. The van der Waals surface area contributed by atoms with E-state index in [1.807, 2.05) is 0 Å². The fourth-order valence-corrected chi connectivity index (χ4v) is 0.398. The summed E-state index contributed by atoms with van der Waals surface area (Å²) in [6.45, 7) is 1.46. The normalized spacial score (nSPS) is 38.7. The van der Waals surface area contributed by atoms with E-state index in [1.54, 1.807) is 0 Å². The molecule has 0 aromatic rings. The van der Waals surface area contributed by atoms with E-state index in [0.29, 0.717) is 0 Å². The van der Waals surface area contributed by atoms with E-state index < -0.39 is 0 Å². The van der Waals surface area contributed by atoms with Crippen molar-refractivity contribution in [2.45, 2.75) is 12.5 Å². The average molecular weight is 132 g/mol. The highest BCUT2D eigenvalue weighted by Gasteiger charge is 2.25. The van der Waals surface area contributed by atoms with Gasteiger partial charge < -0.3 is 9.47 Å². The van der Waals surface area contributed by atoms with Crippen LogP contribution in [-0.4, -0.2) is 25.7 Å². The smallest absolute Gasteiger partial charge is 0.155 e. The van der Waals surface area contributed by atoms with E-state index in [4.69, 9.17) is 14.4 Å². The number of hydrogen-bond acceptors (Lipinski definition) is 5. The molecule has 0 bridgehead atoms. The molecule has 2 fully saturated rings. The lowest BCUT2D eigenvalue weighted by Gasteiger charge is -1.98. The van der Waals surface area contributed by atoms with Crippen molar-refractivity contribution >= 4 is 0 Å². The number of epoxide rings is 2. The number of hydrogen-bond donors (Lipinski definition) is 2. The number of rotatable bonds is 4. The standard InChI is InChI=1S/C4H8N2O3/c1-3(7-1)5-9-6-4-2-8-4/h3-6H,1-2H2. The van der Waals surface area contributed by atoms with Gasteiger partial charge >= 0.3 is 0 Å². The first kappa shape index (κ1) is 5.57. The van der Waals surface area contributed by atoms with Gasteiger partial charge in [-0.05, 0) is 0 Å². The predicted molar refractivity (Wildman–Crippen MR) is 26.8 cm³/mol. The van der Waals surface area contributed by atoms with Gasteiger partial charge in [0, 0.05) is 0 Å². The molecular weight excluding hydrogens is 124 g/mol. The Bertz CT molecular complexity index is 90.0. The van der Waals surface area contributed by atoms with Gasteiger partial charge in [0.1, 0.15) is 0 Å². The van der Waals surface area contributed by atoms with Gasteiger partial charge in [0.25, 0.3) is 0 Å². The van der Waals surface area contributed by atoms with Crippen molar-refractivity contribution in [3.8, 4) is 0 Å². The molecule has 52 valence electrons. The Kier molecular flexibility index (Phi) is 1.36. The summed E-state index contributed by atoms with van der Waals surface area (Å²) in [6, 6.07) is 0. The minimum absolute atomic E-state index is 0.0799. The second-order valence-corrected chi connectivity index (χ2v) is 1.98. The first-order valence-corrected chi connectivity index (χ1v) is 2.85. The molecule has 2 aliphatic heterocycles. The van der Waals surface area contributed by atoms with Crippen LogP contribution in [0.1, 0.15) is 0 Å². The van der Waals surface area contributed by atoms with Gasteiger partial charge in [-0.2, -0.15) is 11.0 Å². The van der Waals surface area contributed by atoms with E-state index in [1.165, 1.54) is 0 Å². The Balaban J connectivity index is 1.46. The largest absolute Gasteiger partial charge is 0.355 e. The minimum Gasteiger partial charge on any atom is -0.355 e. The average Bonchev–Trinajstić information content (AvgIpc) is 2.57. The highest BCUT2D eigenvalue weighted by Crippen LogP contribution is 2.05. The number of ether oxygens (including phenoxy) is 2. The van der Waals surface area contributed by atoms with Gasteiger partial charge in [-0.15, -0.1) is 0 Å². The molecule has 2 saturated heterocycles. The third-order valence-corrected chi connectivity index (χ3v) is 1.05. The van der Waals surface area contributed by atoms with Crippen LogP contribution in [-0.2, 0) is 14.4 Å². The van der Waals surface area contributed by atoms with Crippen LogP contribution in [0.2, 0.25) is 0 Å². The van der Waals surface area contributed by atoms with E-state index in [-0.39, 0.29) is 12.5 Å². The van der Waals surface area contributed by atoms with E-state index in [0.717, 1.165) is 13.2 Å². The molecule has 5 heteroatoms. The first-order chi connectivity index (χ1) is 4.45. The van der Waals surface area contributed by atoms with Crippen LogP contribution in [0.5, 0.6) is 0 Å². The minimum atomic E-state index is 0.0799. The van der Waals surface area contributed by atoms with E-state index >= 15 is 0 Å². The zero-order valence-corrected chi connectivity index (χ0v) is 4.79. The Morgan fingerprint density at radius 1 is 1.11 bits per heavy atom. The van der Waals surface area contributed by atoms with Crippen molar-refractivity contribution in [2.24, 2.45) is 0 Å². The van der Waals surface area contributed by atoms with Gasteiger partial charge in [-0.3, -0.25) is 0 Å². The molecular formula is C4H8N2O3. The SMILES string of the molecule is C1OC1NONC1CO1. The molecule has 5 nitrogen and oxygen atoms in total. The van der Waals surface area contributed by atoms with Crippen molar-refractivity contribution in [2.75, 3.05) is 13.2 Å². The molecule has 2 rings (SSSR count). The van der Waals surface area contributed by atoms with Crippen molar-refractivity contribution in [1.82, 2.24) is 11.0 Å². The molecule has 0 saturated carbocycles. The van der Waals surface area contributed by atoms with Crippen molar-refractivity contribution in [1.29, 1.82) is 0 Å². The van der Waals surface area contributed by atoms with Crippen LogP contribution >= 0.6 is 0 Å². The van der Waals surface area contributed by atoms with Crippen molar-refractivity contribution < 1.29 is 14.4 Å². The third-order valence-electron chi connectivity index (χ3n) is 1.05. The summed E-state index contributed by atoms with van der Waals surface area (Å²) >= 11 is 0. The van der Waals surface area contributed by atoms with Crippen LogP contribution in [0.25, 0.3) is 0 Å². The lowest BCUT2D eigenvalue weighted by Crippen LogP contribution is -2.29. The summed E-state index contributed by atoms with van der Waals surface area (Å²) in [7, 11) is 0. The van der Waals surface area contributed by atoms with Crippen molar-refractivity contribution in [3.05, 3.63) is 0 Å². The zero-order valence-electron chi connectivity index (χ0n) is 4.79. The van der Waals surface area contributed by atoms with Gasteiger partial charge in [0.15, 0.2) is 12.5 Å². The topological polar surface area (TPSA) is 58.4 Å². The molecule has 2 unspecified atom stereocenters. The summed E-state index contributed by atoms with van der Waals surface area (Å²) in [6.07, 6.45) is 0.160. The zero-order chi connectivity index (χ0) is 6.10. The molecule has 2 heterocycles. The summed E-state index contributed by atoms with van der Waals surface area (Å²) in [5, 5.41) is 0. The molecule has 0 radical (unpaired) electrons. The second-order valence-electron chi connectivity index (χ2n) is 1.98. The molecule has 0 spiro atoms. The summed E-state index contributed by atoms with van der Waals surface area (Å²) in [5.74, 6) is 0. The molecule has 0 aromatic heterocycles. The van der Waals surface area contributed by atoms with Crippen LogP contribution < -0.4 is 11.0 Å². The van der Waals surface area contributed by atoms with E-state index in [9.17, 15) is 0 Å². The Morgan fingerprint density at radius 3 is 1.89 bits per heavy atom. The number of hydroxylamine groups is 2. The summed E-state index contributed by atoms with van der Waals surface area (Å²) < 4.78 is 9.59. The first-order valence-electron chi connectivity index (χ1n) is 2.85. The lowest BCUT2D eigenvalue weighted by molar-refractivity contribution is -0.0720. The Hall–Kier alpha value is -0.200. The third kappa shape index (κ3) is 1.88. The molecule has 2 N–H and O–H groups in total. The maximum atomic E-state index is 4.79. The summed E-state index contributed by atoms with van der Waals surface area (Å²) in [4.78, 5) is 4.73. The van der Waals surface area contributed by atoms with Crippen LogP contribution in [0.3, 0.4) is 0 Å². The van der Waals surface area contributed by atoms with Crippen LogP contribution in [0.15, 0.2) is 0 Å². The number of nitrogens with one attached hydrogen (secondary N) is 2. The Morgan fingerprint density at radius 2 is 1.56 bits per heavy atom. The van der Waals surface area contributed by atoms with Crippen LogP contribution in [0.4, 0.5) is 0 Å². The molecule has 0 amide bonds. The molecule has 2 aliphatic rings. The Labute approximate surface area is 52.2 Å². The highest BCUT2D eigenvalue weighted by molar-refractivity contribution is 4.61. The van der Waals surface area contributed by atoms with E-state index in [2.05, 4.69) is 11.0 Å². The molecule has 0 aliphatic carbocycles. The van der Waals surface area contributed by atoms with Gasteiger partial charge in [-0.1, -0.05) is 0 Å². The lowest BCUT2D eigenvalue weighted by atomic mass is 10.8. The van der Waals surface area contributed by atoms with Crippen molar-refractivity contribution in [3.63, 3.8) is 0 Å². The quantitative estimate of drug-likeness (QED) is 0.369. The van der Waals surface area contributed by atoms with Crippen LogP contribution in [0, 0.1) is 0 Å². The fourth-order valence-electron chi connectivity index (χ4n) is 0.398. The fraction of sp³-hybridized carbons (Fsp3) is 1.00. The molecule has 0 aromatic carbocycles. The molecule has 2 atom stereocenters.